The average molecular weight is 154 g/mol. The topological polar surface area (TPSA) is 43.1 Å². The molecular formula is C4H5Cl2NO. The average Bonchev–Trinajstić information content (AvgIpc) is 1.64. The molecule has 0 bridgehead atoms. The molecule has 0 radical (unpaired) electrons. The molecule has 0 aromatic carbocycles. The van der Waals surface area contributed by atoms with Gasteiger partial charge in [0.15, 0.2) is 0 Å². The number of primary amides is 1. The van der Waals surface area contributed by atoms with Crippen LogP contribution < -0.4 is 5.73 Å². The summed E-state index contributed by atoms with van der Waals surface area (Å²) in [5.41, 5.74) is 4.96. The van der Waals surface area contributed by atoms with Crippen LogP contribution in [0.15, 0.2) is 10.1 Å². The van der Waals surface area contributed by atoms with Gasteiger partial charge in [-0.1, -0.05) is 23.2 Å². The number of hydrogen-bond donors (Lipinski definition) is 1. The van der Waals surface area contributed by atoms with Crippen molar-refractivity contribution in [1.29, 1.82) is 0 Å². The first-order chi connectivity index (χ1) is 3.55. The molecule has 46 valence electrons. The number of carbonyl (C=O) groups is 1. The minimum Gasteiger partial charge on any atom is -0.366 e. The molecule has 2 nitrogen and oxygen atoms in total. The van der Waals surface area contributed by atoms with E-state index in [0.717, 1.165) is 0 Å². The van der Waals surface area contributed by atoms with Crippen molar-refractivity contribution >= 4 is 29.1 Å². The van der Waals surface area contributed by atoms with E-state index in [0.29, 0.717) is 0 Å². The SMILES string of the molecule is CC(C(N)=O)=C(Cl)Cl. The molecule has 0 saturated carbocycles. The Morgan fingerprint density at radius 1 is 1.50 bits per heavy atom. The zero-order valence-corrected chi connectivity index (χ0v) is 5.75. The van der Waals surface area contributed by atoms with Crippen molar-refractivity contribution in [2.45, 2.75) is 6.92 Å². The lowest BCUT2D eigenvalue weighted by Crippen LogP contribution is -2.11. The van der Waals surface area contributed by atoms with Gasteiger partial charge in [-0.3, -0.25) is 4.79 Å². The normalized spacial score (nSPS) is 8.38. The fourth-order valence-electron chi connectivity index (χ4n) is 0.0931. The number of hydrogen-bond acceptors (Lipinski definition) is 1. The van der Waals surface area contributed by atoms with Crippen molar-refractivity contribution in [1.82, 2.24) is 0 Å². The highest BCUT2D eigenvalue weighted by atomic mass is 35.5. The second-order valence-corrected chi connectivity index (χ2v) is 2.20. The molecule has 0 heterocycles. The highest BCUT2D eigenvalue weighted by molar-refractivity contribution is 6.57. The van der Waals surface area contributed by atoms with Crippen molar-refractivity contribution in [2.75, 3.05) is 0 Å². The van der Waals surface area contributed by atoms with Crippen LogP contribution in [-0.4, -0.2) is 5.91 Å². The summed E-state index contributed by atoms with van der Waals surface area (Å²) in [5, 5.41) is 0. The molecule has 0 spiro atoms. The molecule has 0 saturated heterocycles. The smallest absolute Gasteiger partial charge is 0.246 e. The maximum Gasteiger partial charge on any atom is 0.246 e. The van der Waals surface area contributed by atoms with E-state index in [2.05, 4.69) is 0 Å². The van der Waals surface area contributed by atoms with Crippen LogP contribution in [0.25, 0.3) is 0 Å². The largest absolute Gasteiger partial charge is 0.366 e. The molecule has 1 amide bonds. The second-order valence-electron chi connectivity index (χ2n) is 1.25. The molecule has 0 aliphatic heterocycles. The summed E-state index contributed by atoms with van der Waals surface area (Å²) >= 11 is 10.3. The van der Waals surface area contributed by atoms with Gasteiger partial charge in [0.1, 0.15) is 4.49 Å². The lowest BCUT2D eigenvalue weighted by molar-refractivity contribution is -0.114. The van der Waals surface area contributed by atoms with Crippen LogP contribution in [0.3, 0.4) is 0 Å². The number of rotatable bonds is 1. The first-order valence-corrected chi connectivity index (χ1v) is 2.63. The Labute approximate surface area is 57.3 Å². The quantitative estimate of drug-likeness (QED) is 0.566. The summed E-state index contributed by atoms with van der Waals surface area (Å²) < 4.78 is -0.0718. The maximum atomic E-state index is 10.1. The summed E-state index contributed by atoms with van der Waals surface area (Å²) in [6, 6.07) is 0. The lowest BCUT2D eigenvalue weighted by Gasteiger charge is -1.89. The molecule has 0 fully saturated rings. The molecule has 0 aromatic rings. The molecule has 0 aromatic heterocycles. The standard InChI is InChI=1S/C4H5Cl2NO/c1-2(3(5)6)4(7)8/h1H3,(H2,7,8). The van der Waals surface area contributed by atoms with Gasteiger partial charge in [0.05, 0.1) is 0 Å². The lowest BCUT2D eigenvalue weighted by atomic mass is 10.3. The van der Waals surface area contributed by atoms with E-state index >= 15 is 0 Å². The summed E-state index contributed by atoms with van der Waals surface area (Å²) in [5.74, 6) is -0.593. The van der Waals surface area contributed by atoms with Crippen molar-refractivity contribution in [3.8, 4) is 0 Å². The Morgan fingerprint density at radius 2 is 1.88 bits per heavy atom. The third-order valence-corrected chi connectivity index (χ3v) is 1.22. The van der Waals surface area contributed by atoms with Crippen LogP contribution in [0.1, 0.15) is 6.92 Å². The highest BCUT2D eigenvalue weighted by Crippen LogP contribution is 2.12. The first kappa shape index (κ1) is 7.79. The van der Waals surface area contributed by atoms with Gasteiger partial charge in [-0.25, -0.2) is 0 Å². The third kappa shape index (κ3) is 2.19. The number of nitrogens with two attached hydrogens (primary N) is 1. The summed E-state index contributed by atoms with van der Waals surface area (Å²) in [7, 11) is 0. The highest BCUT2D eigenvalue weighted by Gasteiger charge is 2.00. The van der Waals surface area contributed by atoms with Crippen molar-refractivity contribution in [3.05, 3.63) is 10.1 Å². The Hall–Kier alpha value is -0.210. The number of amides is 1. The molecule has 2 N–H and O–H groups in total. The molecule has 0 aliphatic rings. The molecule has 4 heteroatoms. The van der Waals surface area contributed by atoms with E-state index < -0.39 is 5.91 Å². The molecule has 8 heavy (non-hydrogen) atoms. The van der Waals surface area contributed by atoms with E-state index in [9.17, 15) is 4.79 Å². The Balaban J connectivity index is 4.23. The van der Waals surface area contributed by atoms with E-state index in [1.54, 1.807) is 0 Å². The fraction of sp³-hybridized carbons (Fsp3) is 0.250. The zero-order chi connectivity index (χ0) is 6.73. The van der Waals surface area contributed by atoms with Crippen LogP contribution in [0.4, 0.5) is 0 Å². The van der Waals surface area contributed by atoms with E-state index in [1.165, 1.54) is 6.92 Å². The minimum atomic E-state index is -0.593. The van der Waals surface area contributed by atoms with Crippen LogP contribution in [-0.2, 0) is 4.79 Å². The zero-order valence-electron chi connectivity index (χ0n) is 4.24. The van der Waals surface area contributed by atoms with Gasteiger partial charge in [-0.2, -0.15) is 0 Å². The predicted octanol–water partition coefficient (Wildman–Crippen LogP) is 1.18. The van der Waals surface area contributed by atoms with Crippen LogP contribution in [0, 0.1) is 0 Å². The molecular weight excluding hydrogens is 149 g/mol. The Bertz CT molecular complexity index is 137. The van der Waals surface area contributed by atoms with Crippen molar-refractivity contribution in [3.63, 3.8) is 0 Å². The van der Waals surface area contributed by atoms with Gasteiger partial charge in [-0.05, 0) is 6.92 Å². The minimum absolute atomic E-state index is 0.0718. The van der Waals surface area contributed by atoms with Crippen LogP contribution in [0.5, 0.6) is 0 Å². The predicted molar refractivity (Wildman–Crippen MR) is 33.6 cm³/mol. The molecule has 0 atom stereocenters. The van der Waals surface area contributed by atoms with E-state index in [4.69, 9.17) is 28.9 Å². The Morgan fingerprint density at radius 3 is 1.88 bits per heavy atom. The summed E-state index contributed by atoms with van der Waals surface area (Å²) in [4.78, 5) is 10.1. The monoisotopic (exact) mass is 153 g/mol. The second kappa shape index (κ2) is 2.95. The van der Waals surface area contributed by atoms with Crippen molar-refractivity contribution in [2.24, 2.45) is 5.73 Å². The summed E-state index contributed by atoms with van der Waals surface area (Å²) in [6.07, 6.45) is 0. The van der Waals surface area contributed by atoms with Gasteiger partial charge in [0.25, 0.3) is 0 Å². The van der Waals surface area contributed by atoms with Gasteiger partial charge < -0.3 is 5.73 Å². The van der Waals surface area contributed by atoms with Crippen LogP contribution >= 0.6 is 23.2 Å². The molecule has 0 aliphatic carbocycles. The number of carbonyl (C=O) groups excluding carboxylic acids is 1. The Kier molecular flexibility index (Phi) is 2.87. The van der Waals surface area contributed by atoms with Gasteiger partial charge in [-0.15, -0.1) is 0 Å². The van der Waals surface area contributed by atoms with E-state index in [1.807, 2.05) is 0 Å². The van der Waals surface area contributed by atoms with E-state index in [-0.39, 0.29) is 10.1 Å². The van der Waals surface area contributed by atoms with Gasteiger partial charge in [0.2, 0.25) is 5.91 Å². The molecule has 0 unspecified atom stereocenters. The fourth-order valence-corrected chi connectivity index (χ4v) is 0.279. The van der Waals surface area contributed by atoms with Gasteiger partial charge >= 0.3 is 0 Å². The first-order valence-electron chi connectivity index (χ1n) is 1.87. The summed E-state index contributed by atoms with van der Waals surface area (Å²) in [6.45, 7) is 1.46. The maximum absolute atomic E-state index is 10.1. The third-order valence-electron chi connectivity index (χ3n) is 0.653. The number of halogens is 2. The van der Waals surface area contributed by atoms with Crippen molar-refractivity contribution < 1.29 is 4.79 Å². The van der Waals surface area contributed by atoms with Crippen LogP contribution in [0.2, 0.25) is 0 Å². The molecule has 0 rings (SSSR count). The van der Waals surface area contributed by atoms with Gasteiger partial charge in [0, 0.05) is 5.57 Å².